The van der Waals surface area contributed by atoms with Gasteiger partial charge in [0, 0.05) is 18.5 Å². The van der Waals surface area contributed by atoms with Crippen LogP contribution in [0.5, 0.6) is 5.75 Å². The first kappa shape index (κ1) is 9.42. The molecule has 2 rings (SSSR count). The Morgan fingerprint density at radius 3 is 2.93 bits per heavy atom. The number of thiophene rings is 1. The van der Waals surface area contributed by atoms with Crippen molar-refractivity contribution in [1.82, 2.24) is 14.8 Å². The van der Waals surface area contributed by atoms with Gasteiger partial charge in [-0.15, -0.1) is 11.3 Å². The molecule has 0 aliphatic carbocycles. The van der Waals surface area contributed by atoms with Crippen molar-refractivity contribution in [3.05, 3.63) is 16.2 Å². The third kappa shape index (κ3) is 1.58. The highest BCUT2D eigenvalue weighted by Crippen LogP contribution is 2.28. The highest BCUT2D eigenvalue weighted by atomic mass is 32.1. The average Bonchev–Trinajstić information content (AvgIpc) is 2.74. The molecule has 2 aromatic rings. The molecule has 0 atom stereocenters. The maximum Gasteiger partial charge on any atom is 0.216 e. The van der Waals surface area contributed by atoms with Gasteiger partial charge >= 0.3 is 0 Å². The van der Waals surface area contributed by atoms with Crippen LogP contribution < -0.4 is 4.74 Å². The summed E-state index contributed by atoms with van der Waals surface area (Å²) in [5, 5.41) is 4.99. The highest BCUT2D eigenvalue weighted by molar-refractivity contribution is 7.71. The molecule has 0 unspecified atom stereocenters. The van der Waals surface area contributed by atoms with Gasteiger partial charge in [-0.1, -0.05) is 0 Å². The minimum atomic E-state index is 0.548. The van der Waals surface area contributed by atoms with Crippen molar-refractivity contribution in [2.45, 2.75) is 0 Å². The molecule has 1 N–H and O–H groups in total. The Balaban J connectivity index is 2.44. The number of hydrogen-bond acceptors (Lipinski definition) is 4. The zero-order chi connectivity index (χ0) is 10.1. The number of hydrogen-bond donors (Lipinski definition) is 1. The number of nitrogens with zero attached hydrogens (tertiary/aromatic N) is 2. The predicted octanol–water partition coefficient (Wildman–Crippen LogP) is 2.21. The van der Waals surface area contributed by atoms with Gasteiger partial charge in [0.05, 0.1) is 12.0 Å². The second-order valence-electron chi connectivity index (χ2n) is 2.76. The van der Waals surface area contributed by atoms with Crippen LogP contribution in [0, 0.1) is 4.77 Å². The van der Waals surface area contributed by atoms with Gasteiger partial charge in [-0.3, -0.25) is 9.78 Å². The summed E-state index contributed by atoms with van der Waals surface area (Å²) in [6, 6.07) is 1.93. The van der Waals surface area contributed by atoms with E-state index in [-0.39, 0.29) is 0 Å². The third-order valence-electron chi connectivity index (χ3n) is 1.81. The molecule has 0 aliphatic rings. The second-order valence-corrected chi connectivity index (χ2v) is 4.04. The molecule has 0 aliphatic heterocycles. The van der Waals surface area contributed by atoms with E-state index in [1.54, 1.807) is 23.1 Å². The summed E-state index contributed by atoms with van der Waals surface area (Å²) < 4.78 is 7.34. The van der Waals surface area contributed by atoms with Crippen molar-refractivity contribution in [2.75, 3.05) is 7.11 Å². The molecule has 6 heteroatoms. The Hall–Kier alpha value is -1.14. The first-order valence-electron chi connectivity index (χ1n) is 3.96. The van der Waals surface area contributed by atoms with Gasteiger partial charge in [0.1, 0.15) is 5.75 Å². The van der Waals surface area contributed by atoms with Crippen molar-refractivity contribution in [1.29, 1.82) is 0 Å². The van der Waals surface area contributed by atoms with Gasteiger partial charge in [-0.2, -0.15) is 4.98 Å². The van der Waals surface area contributed by atoms with E-state index < -0.39 is 0 Å². The Bertz CT molecular complexity index is 497. The van der Waals surface area contributed by atoms with Crippen molar-refractivity contribution < 1.29 is 4.74 Å². The topological polar surface area (TPSA) is 42.8 Å². The van der Waals surface area contributed by atoms with Gasteiger partial charge in [-0.25, -0.2) is 0 Å². The van der Waals surface area contributed by atoms with Crippen LogP contribution in [0.25, 0.3) is 10.7 Å². The summed E-state index contributed by atoms with van der Waals surface area (Å²) >= 11 is 6.57. The van der Waals surface area contributed by atoms with E-state index in [0.717, 1.165) is 16.5 Å². The first-order valence-corrected chi connectivity index (χ1v) is 5.25. The summed E-state index contributed by atoms with van der Waals surface area (Å²) in [5.41, 5.74) is 0. The van der Waals surface area contributed by atoms with Crippen LogP contribution in [-0.2, 0) is 7.05 Å². The van der Waals surface area contributed by atoms with Gasteiger partial charge in [0.15, 0.2) is 5.82 Å². The molecule has 2 aromatic heterocycles. The van der Waals surface area contributed by atoms with Crippen LogP contribution in [0.3, 0.4) is 0 Å². The second kappa shape index (κ2) is 3.55. The zero-order valence-electron chi connectivity index (χ0n) is 7.77. The third-order valence-corrected chi connectivity index (χ3v) is 3.09. The molecule has 0 radical (unpaired) electrons. The number of H-pyrrole nitrogens is 1. The van der Waals surface area contributed by atoms with E-state index in [1.165, 1.54) is 0 Å². The number of methoxy groups -OCH3 is 1. The molecule has 0 spiro atoms. The van der Waals surface area contributed by atoms with E-state index in [4.69, 9.17) is 17.0 Å². The number of ether oxygens (including phenoxy) is 1. The van der Waals surface area contributed by atoms with Crippen molar-refractivity contribution in [3.63, 3.8) is 0 Å². The lowest BCUT2D eigenvalue weighted by Gasteiger charge is -1.90. The van der Waals surface area contributed by atoms with E-state index in [2.05, 4.69) is 10.1 Å². The fourth-order valence-electron chi connectivity index (χ4n) is 1.06. The van der Waals surface area contributed by atoms with Gasteiger partial charge in [-0.05, 0) is 12.2 Å². The summed E-state index contributed by atoms with van der Waals surface area (Å²) in [6.45, 7) is 0. The number of aromatic nitrogens is 3. The van der Waals surface area contributed by atoms with Crippen LogP contribution in [0.15, 0.2) is 11.4 Å². The maximum absolute atomic E-state index is 5.09. The number of aryl methyl sites for hydroxylation is 1. The summed E-state index contributed by atoms with van der Waals surface area (Å²) in [4.78, 5) is 5.23. The molecule has 14 heavy (non-hydrogen) atoms. The van der Waals surface area contributed by atoms with Crippen molar-refractivity contribution >= 4 is 23.6 Å². The lowest BCUT2D eigenvalue weighted by atomic mass is 10.4. The molecule has 4 nitrogen and oxygen atoms in total. The molecule has 0 amide bonds. The predicted molar refractivity (Wildman–Crippen MR) is 58.3 cm³/mol. The monoisotopic (exact) mass is 227 g/mol. The van der Waals surface area contributed by atoms with Gasteiger partial charge in [0.25, 0.3) is 0 Å². The number of rotatable bonds is 2. The summed E-state index contributed by atoms with van der Waals surface area (Å²) in [6.07, 6.45) is 0. The number of aromatic amines is 1. The molecular formula is C8H9N3OS2. The van der Waals surface area contributed by atoms with E-state index in [0.29, 0.717) is 4.77 Å². The van der Waals surface area contributed by atoms with Crippen LogP contribution in [0.2, 0.25) is 0 Å². The Kier molecular flexibility index (Phi) is 2.39. The normalized spacial score (nSPS) is 10.4. The summed E-state index contributed by atoms with van der Waals surface area (Å²) in [7, 11) is 3.48. The number of nitrogens with one attached hydrogen (secondary N) is 1. The Morgan fingerprint density at radius 1 is 1.64 bits per heavy atom. The van der Waals surface area contributed by atoms with Crippen LogP contribution in [-0.4, -0.2) is 21.9 Å². The van der Waals surface area contributed by atoms with Crippen molar-refractivity contribution in [3.8, 4) is 16.5 Å². The van der Waals surface area contributed by atoms with Gasteiger partial charge in [0.2, 0.25) is 4.77 Å². The zero-order valence-corrected chi connectivity index (χ0v) is 9.41. The fourth-order valence-corrected chi connectivity index (χ4v) is 1.99. The molecular weight excluding hydrogens is 218 g/mol. The lowest BCUT2D eigenvalue weighted by molar-refractivity contribution is 0.417. The van der Waals surface area contributed by atoms with Crippen molar-refractivity contribution in [2.24, 2.45) is 7.05 Å². The standard InChI is InChI=1S/C8H9N3OS2/c1-11-8(13)9-7(10-11)6-3-5(12-2)4-14-6/h3-4H,1-2H3,(H,9,10,13). The average molecular weight is 227 g/mol. The quantitative estimate of drug-likeness (QED) is 0.800. The van der Waals surface area contributed by atoms with Crippen LogP contribution in [0.4, 0.5) is 0 Å². The molecule has 0 saturated carbocycles. The van der Waals surface area contributed by atoms with E-state index in [9.17, 15) is 0 Å². The minimum Gasteiger partial charge on any atom is -0.496 e. The molecule has 2 heterocycles. The summed E-state index contributed by atoms with van der Waals surface area (Å²) in [5.74, 6) is 1.63. The van der Waals surface area contributed by atoms with Crippen LogP contribution in [0.1, 0.15) is 0 Å². The van der Waals surface area contributed by atoms with E-state index in [1.807, 2.05) is 18.5 Å². The Labute approximate surface area is 90.2 Å². The molecule has 0 aromatic carbocycles. The molecule has 0 saturated heterocycles. The fraction of sp³-hybridized carbons (Fsp3) is 0.250. The first-order chi connectivity index (χ1) is 6.70. The Morgan fingerprint density at radius 2 is 2.43 bits per heavy atom. The molecule has 0 fully saturated rings. The highest BCUT2D eigenvalue weighted by Gasteiger charge is 2.06. The van der Waals surface area contributed by atoms with Gasteiger partial charge < -0.3 is 4.74 Å². The van der Waals surface area contributed by atoms with Crippen LogP contribution >= 0.6 is 23.6 Å². The lowest BCUT2D eigenvalue weighted by Crippen LogP contribution is -1.88. The maximum atomic E-state index is 5.09. The SMILES string of the molecule is COc1csc(-c2nc(=S)n(C)[nH]2)c1. The largest absolute Gasteiger partial charge is 0.496 e. The molecule has 0 bridgehead atoms. The minimum absolute atomic E-state index is 0.548. The molecule has 74 valence electrons. The smallest absolute Gasteiger partial charge is 0.216 e. The van der Waals surface area contributed by atoms with E-state index >= 15 is 0 Å².